The molecule has 100 valence electrons. The number of hydrogen-bond acceptors (Lipinski definition) is 2. The van der Waals surface area contributed by atoms with Crippen molar-refractivity contribution in [2.45, 2.75) is 6.42 Å². The molecule has 1 aromatic heterocycles. The Labute approximate surface area is 127 Å². The average Bonchev–Trinajstić information content (AvgIpc) is 2.89. The molecule has 0 aliphatic rings. The third kappa shape index (κ3) is 3.03. The molecule has 2 aromatic carbocycles. The first-order chi connectivity index (χ1) is 9.70. The lowest BCUT2D eigenvalue weighted by molar-refractivity contribution is 0.475. The highest BCUT2D eigenvalue weighted by molar-refractivity contribution is 7.19. The van der Waals surface area contributed by atoms with Gasteiger partial charge in [-0.3, -0.25) is 0 Å². The molecule has 0 saturated carbocycles. The van der Waals surface area contributed by atoms with Crippen molar-refractivity contribution in [2.24, 2.45) is 0 Å². The van der Waals surface area contributed by atoms with Crippen LogP contribution in [0.25, 0.3) is 10.4 Å². The fourth-order valence-electron chi connectivity index (χ4n) is 2.11. The van der Waals surface area contributed by atoms with Gasteiger partial charge in [0.2, 0.25) is 0 Å². The van der Waals surface area contributed by atoms with E-state index in [-0.39, 0.29) is 0 Å². The summed E-state index contributed by atoms with van der Waals surface area (Å²) in [5.41, 5.74) is 3.63. The second kappa shape index (κ2) is 5.70. The maximum absolute atomic E-state index is 9.28. The Hall–Kier alpha value is -1.77. The quantitative estimate of drug-likeness (QED) is 0.690. The summed E-state index contributed by atoms with van der Waals surface area (Å²) < 4.78 is 0.813. The van der Waals surface area contributed by atoms with Crippen molar-refractivity contribution in [3.8, 4) is 16.2 Å². The predicted molar refractivity (Wildman–Crippen MR) is 85.7 cm³/mol. The molecule has 0 fully saturated rings. The van der Waals surface area contributed by atoms with Gasteiger partial charge in [-0.25, -0.2) is 0 Å². The Balaban J connectivity index is 1.77. The Kier molecular flexibility index (Phi) is 3.77. The molecule has 0 unspecified atom stereocenters. The van der Waals surface area contributed by atoms with Crippen LogP contribution in [0.5, 0.6) is 5.75 Å². The number of thiophene rings is 1. The molecule has 1 nitrogen and oxygen atoms in total. The molecular formula is C17H13ClOS. The maximum Gasteiger partial charge on any atom is 0.115 e. The molecule has 0 aliphatic carbocycles. The summed E-state index contributed by atoms with van der Waals surface area (Å²) in [6.07, 6.45) is 0.867. The number of rotatable bonds is 3. The molecule has 20 heavy (non-hydrogen) atoms. The maximum atomic E-state index is 9.28. The van der Waals surface area contributed by atoms with Crippen molar-refractivity contribution in [1.82, 2.24) is 0 Å². The second-order valence-corrected chi connectivity index (χ2v) is 6.36. The van der Waals surface area contributed by atoms with Gasteiger partial charge < -0.3 is 5.11 Å². The van der Waals surface area contributed by atoms with Gasteiger partial charge in [-0.1, -0.05) is 48.0 Å². The van der Waals surface area contributed by atoms with Crippen molar-refractivity contribution >= 4 is 22.9 Å². The van der Waals surface area contributed by atoms with E-state index in [9.17, 15) is 5.11 Å². The molecular weight excluding hydrogens is 288 g/mol. The number of hydrogen-bond donors (Lipinski definition) is 1. The molecule has 0 spiro atoms. The van der Waals surface area contributed by atoms with Crippen molar-refractivity contribution < 1.29 is 5.11 Å². The van der Waals surface area contributed by atoms with Gasteiger partial charge in [-0.2, -0.15) is 0 Å². The van der Waals surface area contributed by atoms with E-state index >= 15 is 0 Å². The zero-order valence-electron chi connectivity index (χ0n) is 10.7. The van der Waals surface area contributed by atoms with Crippen LogP contribution in [0.15, 0.2) is 60.7 Å². The van der Waals surface area contributed by atoms with Crippen molar-refractivity contribution in [3.05, 3.63) is 76.1 Å². The summed E-state index contributed by atoms with van der Waals surface area (Å²) >= 11 is 7.55. The largest absolute Gasteiger partial charge is 0.508 e. The molecule has 3 heteroatoms. The third-order valence-corrected chi connectivity index (χ3v) is 4.44. The van der Waals surface area contributed by atoms with E-state index in [0.717, 1.165) is 10.8 Å². The monoisotopic (exact) mass is 300 g/mol. The van der Waals surface area contributed by atoms with Gasteiger partial charge in [0, 0.05) is 4.88 Å². The molecule has 0 atom stereocenters. The van der Waals surface area contributed by atoms with E-state index in [4.69, 9.17) is 11.6 Å². The van der Waals surface area contributed by atoms with Gasteiger partial charge in [-0.15, -0.1) is 11.3 Å². The van der Waals surface area contributed by atoms with Crippen LogP contribution in [-0.4, -0.2) is 5.11 Å². The van der Waals surface area contributed by atoms with E-state index in [1.54, 1.807) is 23.5 Å². The fraction of sp³-hybridized carbons (Fsp3) is 0.0588. The van der Waals surface area contributed by atoms with E-state index < -0.39 is 0 Å². The minimum absolute atomic E-state index is 0.304. The Bertz CT molecular complexity index is 699. The first-order valence-corrected chi connectivity index (χ1v) is 7.53. The highest BCUT2D eigenvalue weighted by atomic mass is 35.5. The highest BCUT2D eigenvalue weighted by Crippen LogP contribution is 2.31. The van der Waals surface area contributed by atoms with Crippen LogP contribution in [0.4, 0.5) is 0 Å². The lowest BCUT2D eigenvalue weighted by Gasteiger charge is -2.04. The number of halogens is 1. The van der Waals surface area contributed by atoms with E-state index in [2.05, 4.69) is 24.3 Å². The minimum atomic E-state index is 0.304. The molecule has 0 radical (unpaired) electrons. The van der Waals surface area contributed by atoms with Crippen molar-refractivity contribution in [2.75, 3.05) is 0 Å². The summed E-state index contributed by atoms with van der Waals surface area (Å²) in [5.74, 6) is 0.304. The molecule has 0 amide bonds. The van der Waals surface area contributed by atoms with Crippen molar-refractivity contribution in [3.63, 3.8) is 0 Å². The molecule has 0 saturated heterocycles. The molecule has 3 aromatic rings. The Morgan fingerprint density at radius 3 is 1.95 bits per heavy atom. The summed E-state index contributed by atoms with van der Waals surface area (Å²) in [7, 11) is 0. The predicted octanol–water partition coefficient (Wildman–Crippen LogP) is 5.36. The van der Waals surface area contributed by atoms with Gasteiger partial charge in [0.1, 0.15) is 5.75 Å². The summed E-state index contributed by atoms with van der Waals surface area (Å²) in [6, 6.07) is 19.8. The molecule has 1 N–H and O–H groups in total. The normalized spacial score (nSPS) is 10.7. The van der Waals surface area contributed by atoms with Gasteiger partial charge in [0.15, 0.2) is 0 Å². The Morgan fingerprint density at radius 2 is 1.40 bits per heavy atom. The lowest BCUT2D eigenvalue weighted by Crippen LogP contribution is -1.87. The smallest absolute Gasteiger partial charge is 0.115 e. The first-order valence-electron chi connectivity index (χ1n) is 6.33. The molecule has 1 heterocycles. The van der Waals surface area contributed by atoms with Crippen LogP contribution in [0, 0.1) is 0 Å². The lowest BCUT2D eigenvalue weighted by atomic mass is 10.0. The van der Waals surface area contributed by atoms with Crippen LogP contribution >= 0.6 is 22.9 Å². The number of aromatic hydroxyl groups is 1. The highest BCUT2D eigenvalue weighted by Gasteiger charge is 2.02. The number of benzene rings is 2. The Morgan fingerprint density at radius 1 is 0.800 bits per heavy atom. The summed E-state index contributed by atoms with van der Waals surface area (Å²) in [4.78, 5) is 1.19. The zero-order chi connectivity index (χ0) is 13.9. The number of phenols is 1. The van der Waals surface area contributed by atoms with Crippen LogP contribution in [-0.2, 0) is 6.42 Å². The zero-order valence-corrected chi connectivity index (χ0v) is 12.3. The first kappa shape index (κ1) is 13.2. The van der Waals surface area contributed by atoms with Crippen LogP contribution < -0.4 is 0 Å². The van der Waals surface area contributed by atoms with Gasteiger partial charge in [-0.05, 0) is 47.4 Å². The molecule has 3 rings (SSSR count). The van der Waals surface area contributed by atoms with Crippen LogP contribution in [0.1, 0.15) is 11.1 Å². The summed E-state index contributed by atoms with van der Waals surface area (Å²) in [5, 5.41) is 9.28. The van der Waals surface area contributed by atoms with Crippen molar-refractivity contribution in [1.29, 1.82) is 0 Å². The van der Waals surface area contributed by atoms with Crippen LogP contribution in [0.3, 0.4) is 0 Å². The fourth-order valence-corrected chi connectivity index (χ4v) is 3.15. The minimum Gasteiger partial charge on any atom is -0.508 e. The standard InChI is InChI=1S/C17H13ClOS/c18-17-10-9-16(20-17)14-5-1-12(2-6-14)11-13-3-7-15(19)8-4-13/h1-10,19H,11H2. The summed E-state index contributed by atoms with van der Waals surface area (Å²) in [6.45, 7) is 0. The number of phenolic OH excluding ortho intramolecular Hbond substituents is 1. The van der Waals surface area contributed by atoms with Gasteiger partial charge in [0.25, 0.3) is 0 Å². The second-order valence-electron chi connectivity index (χ2n) is 4.64. The van der Waals surface area contributed by atoms with E-state index in [1.165, 1.54) is 21.6 Å². The van der Waals surface area contributed by atoms with E-state index in [1.807, 2.05) is 24.3 Å². The van der Waals surface area contributed by atoms with Gasteiger partial charge in [0.05, 0.1) is 4.34 Å². The SMILES string of the molecule is Oc1ccc(Cc2ccc(-c3ccc(Cl)s3)cc2)cc1. The average molecular weight is 301 g/mol. The van der Waals surface area contributed by atoms with E-state index in [0.29, 0.717) is 5.75 Å². The topological polar surface area (TPSA) is 20.2 Å². The molecule has 0 bridgehead atoms. The van der Waals surface area contributed by atoms with Crippen LogP contribution in [0.2, 0.25) is 4.34 Å². The third-order valence-electron chi connectivity index (χ3n) is 3.16. The molecule has 0 aliphatic heterocycles. The van der Waals surface area contributed by atoms with Gasteiger partial charge >= 0.3 is 0 Å².